The zero-order valence-corrected chi connectivity index (χ0v) is 10.1. The summed E-state index contributed by atoms with van der Waals surface area (Å²) in [4.78, 5) is 0. The van der Waals surface area contributed by atoms with E-state index < -0.39 is 0 Å². The topological polar surface area (TPSA) is 51.2 Å². The molecule has 0 saturated carbocycles. The van der Waals surface area contributed by atoms with Crippen LogP contribution in [0.15, 0.2) is 16.5 Å². The number of hydrazine groups is 1. The molecule has 0 radical (unpaired) electrons. The van der Waals surface area contributed by atoms with Crippen LogP contribution in [-0.2, 0) is 0 Å². The van der Waals surface area contributed by atoms with E-state index in [0.717, 1.165) is 25.0 Å². The van der Waals surface area contributed by atoms with Gasteiger partial charge in [-0.05, 0) is 36.1 Å². The second-order valence-electron chi connectivity index (χ2n) is 3.78. The highest BCUT2D eigenvalue weighted by Gasteiger charge is 2.17. The summed E-state index contributed by atoms with van der Waals surface area (Å²) >= 11 is 5.73. The average molecular weight is 231 g/mol. The Balaban J connectivity index is 2.63. The lowest BCUT2D eigenvalue weighted by Gasteiger charge is -2.19. The van der Waals surface area contributed by atoms with Crippen LogP contribution in [0.2, 0.25) is 5.22 Å². The molecule has 0 aliphatic rings. The first kappa shape index (κ1) is 12.6. The standard InChI is InChI=1S/C11H19ClN2O/c1-3-8(4-2)7-9(14-13)10-5-6-11(12)15-10/h5-6,8-9,14H,3-4,7,13H2,1-2H3. The van der Waals surface area contributed by atoms with Gasteiger partial charge in [0.25, 0.3) is 0 Å². The van der Waals surface area contributed by atoms with Crippen molar-refractivity contribution in [2.75, 3.05) is 0 Å². The van der Waals surface area contributed by atoms with Gasteiger partial charge in [-0.3, -0.25) is 5.84 Å². The van der Waals surface area contributed by atoms with Crippen LogP contribution in [0.3, 0.4) is 0 Å². The molecule has 86 valence electrons. The second-order valence-corrected chi connectivity index (χ2v) is 4.15. The van der Waals surface area contributed by atoms with Gasteiger partial charge in [-0.1, -0.05) is 26.7 Å². The summed E-state index contributed by atoms with van der Waals surface area (Å²) in [5.74, 6) is 6.99. The third-order valence-electron chi connectivity index (χ3n) is 2.86. The normalized spacial score (nSPS) is 13.4. The van der Waals surface area contributed by atoms with Gasteiger partial charge in [0.1, 0.15) is 5.76 Å². The Morgan fingerprint density at radius 2 is 2.07 bits per heavy atom. The van der Waals surface area contributed by atoms with Crippen LogP contribution in [0.4, 0.5) is 0 Å². The Morgan fingerprint density at radius 3 is 2.47 bits per heavy atom. The summed E-state index contributed by atoms with van der Waals surface area (Å²) in [5.41, 5.74) is 2.78. The molecule has 15 heavy (non-hydrogen) atoms. The van der Waals surface area contributed by atoms with Crippen LogP contribution < -0.4 is 11.3 Å². The lowest BCUT2D eigenvalue weighted by atomic mass is 9.94. The van der Waals surface area contributed by atoms with E-state index in [2.05, 4.69) is 19.3 Å². The van der Waals surface area contributed by atoms with Crippen molar-refractivity contribution in [3.8, 4) is 0 Å². The minimum Gasteiger partial charge on any atom is -0.448 e. The molecule has 0 aromatic carbocycles. The highest BCUT2D eigenvalue weighted by atomic mass is 35.5. The quantitative estimate of drug-likeness (QED) is 0.583. The van der Waals surface area contributed by atoms with Crippen LogP contribution in [0.25, 0.3) is 0 Å². The van der Waals surface area contributed by atoms with Crippen molar-refractivity contribution in [2.24, 2.45) is 11.8 Å². The van der Waals surface area contributed by atoms with E-state index in [1.165, 1.54) is 0 Å². The molecular formula is C11H19ClN2O. The first-order chi connectivity index (χ1) is 7.21. The van der Waals surface area contributed by atoms with Crippen LogP contribution in [0, 0.1) is 5.92 Å². The smallest absolute Gasteiger partial charge is 0.193 e. The van der Waals surface area contributed by atoms with Crippen molar-refractivity contribution in [1.82, 2.24) is 5.43 Å². The summed E-state index contributed by atoms with van der Waals surface area (Å²) in [7, 11) is 0. The van der Waals surface area contributed by atoms with Crippen molar-refractivity contribution in [3.05, 3.63) is 23.1 Å². The summed E-state index contributed by atoms with van der Waals surface area (Å²) in [6, 6.07) is 3.67. The van der Waals surface area contributed by atoms with Gasteiger partial charge in [0, 0.05) is 0 Å². The molecule has 1 rings (SSSR count). The van der Waals surface area contributed by atoms with Gasteiger partial charge in [-0.2, -0.15) is 0 Å². The number of furan rings is 1. The minimum atomic E-state index is 0.0578. The fraction of sp³-hybridized carbons (Fsp3) is 0.636. The average Bonchev–Trinajstić information content (AvgIpc) is 2.67. The molecule has 3 nitrogen and oxygen atoms in total. The lowest BCUT2D eigenvalue weighted by Crippen LogP contribution is -2.29. The van der Waals surface area contributed by atoms with Gasteiger partial charge in [0.05, 0.1) is 6.04 Å². The first-order valence-electron chi connectivity index (χ1n) is 5.42. The lowest BCUT2D eigenvalue weighted by molar-refractivity contribution is 0.332. The number of nitrogens with two attached hydrogens (primary N) is 1. The van der Waals surface area contributed by atoms with E-state index in [1.54, 1.807) is 6.07 Å². The summed E-state index contributed by atoms with van der Waals surface area (Å²) in [6.45, 7) is 4.38. The minimum absolute atomic E-state index is 0.0578. The molecule has 1 atom stereocenters. The summed E-state index contributed by atoms with van der Waals surface area (Å²) < 4.78 is 5.35. The molecule has 4 heteroatoms. The van der Waals surface area contributed by atoms with Crippen LogP contribution in [-0.4, -0.2) is 0 Å². The highest BCUT2D eigenvalue weighted by molar-refractivity contribution is 6.28. The molecule has 0 aliphatic carbocycles. The molecule has 1 heterocycles. The second kappa shape index (κ2) is 6.16. The summed E-state index contributed by atoms with van der Waals surface area (Å²) in [5, 5.41) is 0.412. The Kier molecular flexibility index (Phi) is 5.15. The molecular weight excluding hydrogens is 212 g/mol. The van der Waals surface area contributed by atoms with Gasteiger partial charge >= 0.3 is 0 Å². The number of nitrogens with one attached hydrogen (secondary N) is 1. The van der Waals surface area contributed by atoms with Crippen molar-refractivity contribution < 1.29 is 4.42 Å². The Hall–Kier alpha value is -0.510. The van der Waals surface area contributed by atoms with Crippen LogP contribution in [0.5, 0.6) is 0 Å². The van der Waals surface area contributed by atoms with Gasteiger partial charge in [-0.15, -0.1) is 0 Å². The predicted molar refractivity (Wildman–Crippen MR) is 62.5 cm³/mol. The first-order valence-corrected chi connectivity index (χ1v) is 5.80. The zero-order chi connectivity index (χ0) is 11.3. The van der Waals surface area contributed by atoms with E-state index in [4.69, 9.17) is 21.9 Å². The van der Waals surface area contributed by atoms with Gasteiger partial charge in [0.15, 0.2) is 5.22 Å². The van der Waals surface area contributed by atoms with E-state index in [1.807, 2.05) is 6.07 Å². The third-order valence-corrected chi connectivity index (χ3v) is 3.07. The maximum atomic E-state index is 5.73. The predicted octanol–water partition coefficient (Wildman–Crippen LogP) is 3.26. The largest absolute Gasteiger partial charge is 0.448 e. The number of hydrogen-bond donors (Lipinski definition) is 2. The third kappa shape index (κ3) is 3.52. The van der Waals surface area contributed by atoms with Crippen LogP contribution in [0.1, 0.15) is 44.9 Å². The fourth-order valence-electron chi connectivity index (χ4n) is 1.74. The molecule has 0 fully saturated rings. The molecule has 0 aliphatic heterocycles. The molecule has 1 aromatic rings. The van der Waals surface area contributed by atoms with E-state index in [-0.39, 0.29) is 6.04 Å². The maximum absolute atomic E-state index is 5.73. The molecule has 1 unspecified atom stereocenters. The monoisotopic (exact) mass is 230 g/mol. The van der Waals surface area contributed by atoms with Gasteiger partial charge in [0.2, 0.25) is 0 Å². The molecule has 1 aromatic heterocycles. The zero-order valence-electron chi connectivity index (χ0n) is 9.29. The van der Waals surface area contributed by atoms with Crippen LogP contribution >= 0.6 is 11.6 Å². The molecule has 0 spiro atoms. The Bertz CT molecular complexity index is 284. The van der Waals surface area contributed by atoms with Crippen molar-refractivity contribution in [1.29, 1.82) is 0 Å². The van der Waals surface area contributed by atoms with Gasteiger partial charge < -0.3 is 4.42 Å². The van der Waals surface area contributed by atoms with E-state index in [9.17, 15) is 0 Å². The summed E-state index contributed by atoms with van der Waals surface area (Å²) in [6.07, 6.45) is 3.29. The van der Waals surface area contributed by atoms with E-state index in [0.29, 0.717) is 11.1 Å². The number of hydrogen-bond acceptors (Lipinski definition) is 3. The highest BCUT2D eigenvalue weighted by Crippen LogP contribution is 2.27. The molecule has 0 saturated heterocycles. The fourth-order valence-corrected chi connectivity index (χ4v) is 1.89. The molecule has 0 bridgehead atoms. The Morgan fingerprint density at radius 1 is 1.40 bits per heavy atom. The van der Waals surface area contributed by atoms with Crippen molar-refractivity contribution >= 4 is 11.6 Å². The number of rotatable bonds is 6. The number of halogens is 1. The maximum Gasteiger partial charge on any atom is 0.193 e. The van der Waals surface area contributed by atoms with Crippen molar-refractivity contribution in [3.63, 3.8) is 0 Å². The molecule has 3 N–H and O–H groups in total. The molecule has 0 amide bonds. The Labute approximate surface area is 95.9 Å². The van der Waals surface area contributed by atoms with Crippen molar-refractivity contribution in [2.45, 2.75) is 39.2 Å². The SMILES string of the molecule is CCC(CC)CC(NN)c1ccc(Cl)o1. The van der Waals surface area contributed by atoms with E-state index >= 15 is 0 Å². The van der Waals surface area contributed by atoms with Gasteiger partial charge in [-0.25, -0.2) is 5.43 Å².